The molecule has 0 unspecified atom stereocenters. The first kappa shape index (κ1) is 19.5. The quantitative estimate of drug-likeness (QED) is 0.614. The van der Waals surface area contributed by atoms with Crippen LogP contribution in [0.5, 0.6) is 0 Å². The fraction of sp³-hybridized carbons (Fsp3) is 0.235. The summed E-state index contributed by atoms with van der Waals surface area (Å²) in [6, 6.07) is 10.9. The normalized spacial score (nSPS) is 11.4. The number of anilines is 1. The molecule has 8 nitrogen and oxygen atoms in total. The van der Waals surface area contributed by atoms with Gasteiger partial charge in [0, 0.05) is 24.4 Å². The molecule has 138 valence electrons. The summed E-state index contributed by atoms with van der Waals surface area (Å²) in [5.41, 5.74) is 1.33. The zero-order valence-electron chi connectivity index (χ0n) is 14.6. The molecule has 1 N–H and O–H groups in total. The van der Waals surface area contributed by atoms with E-state index in [-0.39, 0.29) is 16.1 Å². The molecule has 2 rings (SSSR count). The second-order valence-corrected chi connectivity index (χ2v) is 7.85. The molecule has 0 heterocycles. The summed E-state index contributed by atoms with van der Waals surface area (Å²) >= 11 is 0. The molecule has 0 atom stereocenters. The number of carbonyl (C=O) groups excluding carboxylic acids is 1. The lowest BCUT2D eigenvalue weighted by molar-refractivity contribution is -0.385. The average Bonchev–Trinajstić information content (AvgIpc) is 2.56. The first-order valence-corrected chi connectivity index (χ1v) is 9.14. The molecular formula is C17H19N3O5S. The van der Waals surface area contributed by atoms with Crippen molar-refractivity contribution < 1.29 is 18.1 Å². The van der Waals surface area contributed by atoms with Crippen molar-refractivity contribution in [3.63, 3.8) is 0 Å². The van der Waals surface area contributed by atoms with E-state index in [0.29, 0.717) is 5.69 Å². The first-order chi connectivity index (χ1) is 12.1. The van der Waals surface area contributed by atoms with E-state index >= 15 is 0 Å². The first-order valence-electron chi connectivity index (χ1n) is 7.70. The van der Waals surface area contributed by atoms with E-state index in [1.165, 1.54) is 32.2 Å². The van der Waals surface area contributed by atoms with Gasteiger partial charge in [-0.25, -0.2) is 8.42 Å². The number of nitrogens with zero attached hydrogens (tertiary/aromatic N) is 2. The number of hydrogen-bond donors (Lipinski definition) is 1. The van der Waals surface area contributed by atoms with Crippen LogP contribution in [0.1, 0.15) is 11.1 Å². The number of nitro benzene ring substituents is 1. The van der Waals surface area contributed by atoms with Gasteiger partial charge in [-0.3, -0.25) is 14.9 Å². The van der Waals surface area contributed by atoms with Crippen LogP contribution in [0, 0.1) is 24.0 Å². The van der Waals surface area contributed by atoms with Gasteiger partial charge >= 0.3 is 0 Å². The van der Waals surface area contributed by atoms with Crippen molar-refractivity contribution in [1.82, 2.24) is 4.31 Å². The molecule has 0 saturated carbocycles. The summed E-state index contributed by atoms with van der Waals surface area (Å²) in [6.45, 7) is 2.86. The molecule has 26 heavy (non-hydrogen) atoms. The van der Waals surface area contributed by atoms with Gasteiger partial charge in [0.15, 0.2) is 0 Å². The lowest BCUT2D eigenvalue weighted by Gasteiger charge is -2.18. The predicted molar refractivity (Wildman–Crippen MR) is 97.5 cm³/mol. The second-order valence-electron chi connectivity index (χ2n) is 5.83. The van der Waals surface area contributed by atoms with E-state index in [4.69, 9.17) is 0 Å². The minimum absolute atomic E-state index is 0.0308. The summed E-state index contributed by atoms with van der Waals surface area (Å²) in [5.74, 6) is -0.511. The Kier molecular flexibility index (Phi) is 5.73. The maximum Gasteiger partial charge on any atom is 0.273 e. The number of amides is 1. The zero-order valence-corrected chi connectivity index (χ0v) is 15.4. The minimum atomic E-state index is -4.05. The molecule has 9 heteroatoms. The highest BCUT2D eigenvalue weighted by Crippen LogP contribution is 2.26. The summed E-state index contributed by atoms with van der Waals surface area (Å²) in [4.78, 5) is 22.3. The molecule has 2 aromatic rings. The number of rotatable bonds is 6. The van der Waals surface area contributed by atoms with Crippen LogP contribution < -0.4 is 5.32 Å². The van der Waals surface area contributed by atoms with Gasteiger partial charge < -0.3 is 5.32 Å². The van der Waals surface area contributed by atoms with Gasteiger partial charge in [0.25, 0.3) is 5.69 Å². The Morgan fingerprint density at radius 1 is 1.15 bits per heavy atom. The highest BCUT2D eigenvalue weighted by molar-refractivity contribution is 7.89. The monoisotopic (exact) mass is 377 g/mol. The molecule has 0 fully saturated rings. The van der Waals surface area contributed by atoms with E-state index in [1.807, 2.05) is 19.1 Å². The van der Waals surface area contributed by atoms with E-state index in [9.17, 15) is 23.3 Å². The number of hydrogen-bond acceptors (Lipinski definition) is 5. The van der Waals surface area contributed by atoms with Gasteiger partial charge in [0.05, 0.1) is 16.4 Å². The SMILES string of the molecule is Cc1ccc(NC(=O)CN(C)S(=O)(=O)c2cccc([N+](=O)[O-])c2C)cc1. The molecule has 0 radical (unpaired) electrons. The summed E-state index contributed by atoms with van der Waals surface area (Å²) in [6.07, 6.45) is 0. The number of benzene rings is 2. The van der Waals surface area contributed by atoms with Gasteiger partial charge in [-0.1, -0.05) is 23.8 Å². The van der Waals surface area contributed by atoms with E-state index in [0.717, 1.165) is 9.87 Å². The molecule has 0 spiro atoms. The summed E-state index contributed by atoms with van der Waals surface area (Å²) in [7, 11) is -2.80. The molecule has 0 aliphatic heterocycles. The number of carbonyl (C=O) groups is 1. The largest absolute Gasteiger partial charge is 0.325 e. The minimum Gasteiger partial charge on any atom is -0.325 e. The van der Waals surface area contributed by atoms with Crippen LogP contribution in [0.25, 0.3) is 0 Å². The van der Waals surface area contributed by atoms with Crippen molar-refractivity contribution in [2.24, 2.45) is 0 Å². The molecule has 0 aromatic heterocycles. The van der Waals surface area contributed by atoms with Crippen LogP contribution in [0.4, 0.5) is 11.4 Å². The number of sulfonamides is 1. The number of aryl methyl sites for hydroxylation is 1. The van der Waals surface area contributed by atoms with Crippen LogP contribution in [-0.2, 0) is 14.8 Å². The maximum atomic E-state index is 12.7. The van der Waals surface area contributed by atoms with Crippen molar-refractivity contribution >= 4 is 27.3 Å². The Morgan fingerprint density at radius 3 is 2.35 bits per heavy atom. The molecule has 2 aromatic carbocycles. The fourth-order valence-electron chi connectivity index (χ4n) is 2.37. The highest BCUT2D eigenvalue weighted by atomic mass is 32.2. The standard InChI is InChI=1S/C17H19N3O5S/c1-12-7-9-14(10-8-12)18-17(21)11-19(3)26(24,25)16-6-4-5-15(13(16)2)20(22)23/h4-10H,11H2,1-3H3,(H,18,21). The Bertz CT molecular complexity index is 939. The maximum absolute atomic E-state index is 12.7. The Labute approximate surface area is 151 Å². The molecule has 0 aliphatic carbocycles. The third-order valence-electron chi connectivity index (χ3n) is 3.84. The van der Waals surface area contributed by atoms with Crippen LogP contribution in [0.2, 0.25) is 0 Å². The van der Waals surface area contributed by atoms with Gasteiger partial charge in [-0.15, -0.1) is 0 Å². The zero-order chi connectivity index (χ0) is 19.5. The van der Waals surface area contributed by atoms with Crippen LogP contribution in [-0.4, -0.2) is 37.1 Å². The van der Waals surface area contributed by atoms with Gasteiger partial charge in [-0.2, -0.15) is 4.31 Å². The molecule has 0 bridgehead atoms. The van der Waals surface area contributed by atoms with Crippen molar-refractivity contribution in [3.8, 4) is 0 Å². The molecule has 1 amide bonds. The smallest absolute Gasteiger partial charge is 0.273 e. The topological polar surface area (TPSA) is 110 Å². The van der Waals surface area contributed by atoms with Gasteiger partial charge in [0.1, 0.15) is 0 Å². The van der Waals surface area contributed by atoms with Crippen LogP contribution >= 0.6 is 0 Å². The van der Waals surface area contributed by atoms with E-state index in [1.54, 1.807) is 12.1 Å². The average molecular weight is 377 g/mol. The molecular weight excluding hydrogens is 358 g/mol. The van der Waals surface area contributed by atoms with Crippen molar-refractivity contribution in [2.75, 3.05) is 18.9 Å². The lowest BCUT2D eigenvalue weighted by atomic mass is 10.2. The summed E-state index contributed by atoms with van der Waals surface area (Å²) in [5, 5.41) is 13.6. The van der Waals surface area contributed by atoms with Crippen molar-refractivity contribution in [3.05, 3.63) is 63.7 Å². The van der Waals surface area contributed by atoms with Gasteiger partial charge in [-0.05, 0) is 32.0 Å². The van der Waals surface area contributed by atoms with Crippen LogP contribution in [0.15, 0.2) is 47.4 Å². The third-order valence-corrected chi connectivity index (χ3v) is 5.79. The second kappa shape index (κ2) is 7.63. The van der Waals surface area contributed by atoms with E-state index in [2.05, 4.69) is 5.32 Å². The highest BCUT2D eigenvalue weighted by Gasteiger charge is 2.28. The summed E-state index contributed by atoms with van der Waals surface area (Å²) < 4.78 is 26.2. The van der Waals surface area contributed by atoms with E-state index < -0.39 is 27.4 Å². The number of likely N-dealkylation sites (N-methyl/N-ethyl adjacent to an activating group) is 1. The number of nitro groups is 1. The molecule has 0 aliphatic rings. The lowest BCUT2D eigenvalue weighted by Crippen LogP contribution is -2.35. The van der Waals surface area contributed by atoms with Gasteiger partial charge in [0.2, 0.25) is 15.9 Å². The van der Waals surface area contributed by atoms with Crippen molar-refractivity contribution in [1.29, 1.82) is 0 Å². The fourth-order valence-corrected chi connectivity index (χ4v) is 3.74. The van der Waals surface area contributed by atoms with Crippen LogP contribution in [0.3, 0.4) is 0 Å². The van der Waals surface area contributed by atoms with Crippen molar-refractivity contribution in [2.45, 2.75) is 18.7 Å². The third kappa shape index (κ3) is 4.24. The number of nitrogens with one attached hydrogen (secondary N) is 1. The Hall–Kier alpha value is -2.78. The molecule has 0 saturated heterocycles. The predicted octanol–water partition coefficient (Wildman–Crippen LogP) is 2.47. The Morgan fingerprint density at radius 2 is 1.77 bits per heavy atom. The Balaban J connectivity index is 2.19.